The molecule has 1 heterocycles. The minimum Gasteiger partial charge on any atom is -0.330 e. The summed E-state index contributed by atoms with van der Waals surface area (Å²) in [5.74, 6) is 1.88. The van der Waals surface area contributed by atoms with Gasteiger partial charge in [-0.1, -0.05) is 26.2 Å². The van der Waals surface area contributed by atoms with Gasteiger partial charge in [0.1, 0.15) is 0 Å². The molecule has 5 heteroatoms. The van der Waals surface area contributed by atoms with Crippen molar-refractivity contribution in [3.05, 3.63) is 0 Å². The van der Waals surface area contributed by atoms with Crippen LogP contribution in [-0.2, 0) is 10.0 Å². The summed E-state index contributed by atoms with van der Waals surface area (Å²) < 4.78 is 26.3. The summed E-state index contributed by atoms with van der Waals surface area (Å²) in [6.45, 7) is 4.08. The Morgan fingerprint density at radius 2 is 2.00 bits per heavy atom. The summed E-state index contributed by atoms with van der Waals surface area (Å²) in [5, 5.41) is 0. The van der Waals surface area contributed by atoms with Crippen LogP contribution >= 0.6 is 0 Å². The molecule has 1 aliphatic carbocycles. The van der Waals surface area contributed by atoms with Crippen LogP contribution in [0.15, 0.2) is 0 Å². The number of hydrogen-bond acceptors (Lipinski definition) is 3. The first-order valence-electron chi connectivity index (χ1n) is 7.21. The van der Waals surface area contributed by atoms with Crippen LogP contribution in [0.4, 0.5) is 0 Å². The molecule has 1 aliphatic heterocycles. The van der Waals surface area contributed by atoms with E-state index >= 15 is 0 Å². The normalized spacial score (nSPS) is 31.2. The zero-order chi connectivity index (χ0) is 13.2. The highest BCUT2D eigenvalue weighted by atomic mass is 32.2. The van der Waals surface area contributed by atoms with Crippen LogP contribution in [0.2, 0.25) is 0 Å². The molecule has 2 N–H and O–H groups in total. The summed E-state index contributed by atoms with van der Waals surface area (Å²) in [5.41, 5.74) is 5.73. The number of hydrogen-bond donors (Lipinski definition) is 1. The van der Waals surface area contributed by atoms with Gasteiger partial charge in [-0.15, -0.1) is 0 Å². The summed E-state index contributed by atoms with van der Waals surface area (Å²) in [6.07, 6.45) is 5.52. The van der Waals surface area contributed by atoms with Crippen molar-refractivity contribution in [2.45, 2.75) is 39.0 Å². The standard InChI is InChI=1S/C13H26N2O2S/c1-11-5-7-15(10-13(11)9-14)18(16,17)8-6-12-3-2-4-12/h11-13H,2-10,14H2,1H3. The van der Waals surface area contributed by atoms with E-state index in [1.807, 2.05) is 0 Å². The highest BCUT2D eigenvalue weighted by Crippen LogP contribution is 2.31. The SMILES string of the molecule is CC1CCN(S(=O)(=O)CCC2CCC2)CC1CN. The van der Waals surface area contributed by atoms with Crippen LogP contribution < -0.4 is 5.73 Å². The predicted octanol–water partition coefficient (Wildman–Crippen LogP) is 1.42. The minimum absolute atomic E-state index is 0.331. The van der Waals surface area contributed by atoms with Crippen molar-refractivity contribution < 1.29 is 8.42 Å². The van der Waals surface area contributed by atoms with Crippen LogP contribution in [0.25, 0.3) is 0 Å². The van der Waals surface area contributed by atoms with E-state index < -0.39 is 10.0 Å². The van der Waals surface area contributed by atoms with E-state index in [-0.39, 0.29) is 0 Å². The summed E-state index contributed by atoms with van der Waals surface area (Å²) in [6, 6.07) is 0. The molecule has 0 aromatic heterocycles. The van der Waals surface area contributed by atoms with Gasteiger partial charge in [0.2, 0.25) is 10.0 Å². The zero-order valence-corrected chi connectivity index (χ0v) is 12.2. The van der Waals surface area contributed by atoms with E-state index in [0.717, 1.165) is 12.8 Å². The summed E-state index contributed by atoms with van der Waals surface area (Å²) >= 11 is 0. The van der Waals surface area contributed by atoms with Gasteiger partial charge in [-0.25, -0.2) is 12.7 Å². The third-order valence-electron chi connectivity index (χ3n) is 4.78. The molecule has 1 saturated heterocycles. The quantitative estimate of drug-likeness (QED) is 0.825. The average molecular weight is 274 g/mol. The number of nitrogens with zero attached hydrogens (tertiary/aromatic N) is 1. The maximum atomic E-state index is 12.3. The Hall–Kier alpha value is -0.130. The van der Waals surface area contributed by atoms with E-state index in [0.29, 0.717) is 43.1 Å². The van der Waals surface area contributed by atoms with Crippen molar-refractivity contribution in [1.82, 2.24) is 4.31 Å². The van der Waals surface area contributed by atoms with Gasteiger partial charge in [0, 0.05) is 13.1 Å². The van der Waals surface area contributed by atoms with Crippen LogP contribution in [-0.4, -0.2) is 38.1 Å². The molecule has 0 radical (unpaired) electrons. The lowest BCUT2D eigenvalue weighted by molar-refractivity contribution is 0.202. The van der Waals surface area contributed by atoms with Crippen LogP contribution in [0.1, 0.15) is 39.0 Å². The van der Waals surface area contributed by atoms with E-state index in [1.54, 1.807) is 4.31 Å². The lowest BCUT2D eigenvalue weighted by atomic mass is 9.84. The van der Waals surface area contributed by atoms with Gasteiger partial charge in [-0.05, 0) is 37.1 Å². The molecule has 106 valence electrons. The fraction of sp³-hybridized carbons (Fsp3) is 1.00. The molecular formula is C13H26N2O2S. The molecule has 0 amide bonds. The molecule has 0 aromatic rings. The van der Waals surface area contributed by atoms with Gasteiger partial charge in [0.05, 0.1) is 5.75 Å². The third kappa shape index (κ3) is 3.25. The van der Waals surface area contributed by atoms with Gasteiger partial charge in [-0.3, -0.25) is 0 Å². The lowest BCUT2D eigenvalue weighted by Crippen LogP contribution is -2.46. The Morgan fingerprint density at radius 3 is 2.56 bits per heavy atom. The second-order valence-electron chi connectivity index (χ2n) is 6.02. The van der Waals surface area contributed by atoms with Crippen LogP contribution in [0.5, 0.6) is 0 Å². The van der Waals surface area contributed by atoms with Crippen molar-refractivity contribution in [2.75, 3.05) is 25.4 Å². The highest BCUT2D eigenvalue weighted by molar-refractivity contribution is 7.89. The summed E-state index contributed by atoms with van der Waals surface area (Å²) in [7, 11) is -3.04. The molecule has 2 atom stereocenters. The van der Waals surface area contributed by atoms with Crippen LogP contribution in [0.3, 0.4) is 0 Å². The van der Waals surface area contributed by atoms with Crippen molar-refractivity contribution in [3.8, 4) is 0 Å². The number of piperidine rings is 1. The van der Waals surface area contributed by atoms with Gasteiger partial charge in [-0.2, -0.15) is 0 Å². The first-order valence-corrected chi connectivity index (χ1v) is 8.81. The fourth-order valence-electron chi connectivity index (χ4n) is 2.90. The van der Waals surface area contributed by atoms with Crippen molar-refractivity contribution >= 4 is 10.0 Å². The predicted molar refractivity (Wildman–Crippen MR) is 73.6 cm³/mol. The Bertz CT molecular complexity index is 365. The molecule has 0 spiro atoms. The topological polar surface area (TPSA) is 63.4 Å². The van der Waals surface area contributed by atoms with E-state index in [2.05, 4.69) is 6.92 Å². The van der Waals surface area contributed by atoms with Crippen molar-refractivity contribution in [2.24, 2.45) is 23.5 Å². The molecule has 18 heavy (non-hydrogen) atoms. The maximum Gasteiger partial charge on any atom is 0.214 e. The molecular weight excluding hydrogens is 248 g/mol. The van der Waals surface area contributed by atoms with Gasteiger partial charge < -0.3 is 5.73 Å². The van der Waals surface area contributed by atoms with E-state index in [1.165, 1.54) is 19.3 Å². The average Bonchev–Trinajstić information content (AvgIpc) is 2.27. The second kappa shape index (κ2) is 5.88. The molecule has 0 bridgehead atoms. The number of nitrogens with two attached hydrogens (primary N) is 1. The maximum absolute atomic E-state index is 12.3. The Labute approximate surface area is 111 Å². The Morgan fingerprint density at radius 1 is 1.28 bits per heavy atom. The number of rotatable bonds is 5. The van der Waals surface area contributed by atoms with Crippen molar-refractivity contribution in [1.29, 1.82) is 0 Å². The molecule has 2 rings (SSSR count). The van der Waals surface area contributed by atoms with E-state index in [4.69, 9.17) is 5.73 Å². The molecule has 1 saturated carbocycles. The Kier molecular flexibility index (Phi) is 4.67. The fourth-order valence-corrected chi connectivity index (χ4v) is 4.59. The van der Waals surface area contributed by atoms with Gasteiger partial charge in [0.15, 0.2) is 0 Å². The smallest absolute Gasteiger partial charge is 0.214 e. The summed E-state index contributed by atoms with van der Waals surface area (Å²) in [4.78, 5) is 0. The van der Waals surface area contributed by atoms with Gasteiger partial charge in [0.25, 0.3) is 0 Å². The molecule has 0 aromatic carbocycles. The Balaban J connectivity index is 1.88. The highest BCUT2D eigenvalue weighted by Gasteiger charge is 2.32. The first kappa shape index (κ1) is 14.3. The second-order valence-corrected chi connectivity index (χ2v) is 8.11. The zero-order valence-electron chi connectivity index (χ0n) is 11.3. The molecule has 4 nitrogen and oxygen atoms in total. The molecule has 2 fully saturated rings. The van der Waals surface area contributed by atoms with Crippen molar-refractivity contribution in [3.63, 3.8) is 0 Å². The lowest BCUT2D eigenvalue weighted by Gasteiger charge is -2.36. The monoisotopic (exact) mass is 274 g/mol. The molecule has 2 aliphatic rings. The largest absolute Gasteiger partial charge is 0.330 e. The van der Waals surface area contributed by atoms with Gasteiger partial charge >= 0.3 is 0 Å². The molecule has 2 unspecified atom stereocenters. The van der Waals surface area contributed by atoms with Crippen LogP contribution in [0, 0.1) is 17.8 Å². The minimum atomic E-state index is -3.04. The first-order chi connectivity index (χ1) is 8.53. The van der Waals surface area contributed by atoms with E-state index in [9.17, 15) is 8.42 Å². The third-order valence-corrected chi connectivity index (χ3v) is 6.65. The number of sulfonamides is 1.